The molecular weight excluding hydrogens is 308 g/mol. The molecule has 0 aromatic carbocycles. The topological polar surface area (TPSA) is 69.0 Å². The molecule has 1 N–H and O–H groups in total. The van der Waals surface area contributed by atoms with Gasteiger partial charge in [0.2, 0.25) is 11.1 Å². The Balaban J connectivity index is 2.17. The Hall–Kier alpha value is -1.80. The molecule has 6 nitrogen and oxygen atoms in total. The van der Waals surface area contributed by atoms with E-state index in [1.807, 2.05) is 30.7 Å². The van der Waals surface area contributed by atoms with Gasteiger partial charge in [-0.1, -0.05) is 17.8 Å². The number of methoxy groups -OCH3 is 1. The maximum atomic E-state index is 12.2. The van der Waals surface area contributed by atoms with Crippen molar-refractivity contribution in [3.05, 3.63) is 33.7 Å². The average molecular weight is 322 g/mol. The number of nitrogens with one attached hydrogen (secondary N) is 1. The number of thiophene rings is 1. The van der Waals surface area contributed by atoms with Crippen LogP contribution in [-0.4, -0.2) is 34.1 Å². The summed E-state index contributed by atoms with van der Waals surface area (Å²) in [7, 11) is 1.39. The number of aromatic nitrogens is 3. The summed E-state index contributed by atoms with van der Waals surface area (Å²) >= 11 is 3.04. The van der Waals surface area contributed by atoms with Crippen molar-refractivity contribution < 1.29 is 9.53 Å². The summed E-state index contributed by atoms with van der Waals surface area (Å²) < 4.78 is 6.68. The van der Waals surface area contributed by atoms with Crippen LogP contribution in [0, 0.1) is 0 Å². The molecule has 1 atom stereocenters. The molecule has 21 heavy (non-hydrogen) atoms. The number of ether oxygens (including phenoxy) is 1. The van der Waals surface area contributed by atoms with Gasteiger partial charge in [0.1, 0.15) is 6.04 Å². The van der Waals surface area contributed by atoms with Gasteiger partial charge in [0.15, 0.2) is 0 Å². The van der Waals surface area contributed by atoms with Crippen molar-refractivity contribution >= 4 is 35.0 Å². The van der Waals surface area contributed by atoms with Crippen molar-refractivity contribution in [1.29, 1.82) is 0 Å². The van der Waals surface area contributed by atoms with Gasteiger partial charge in [-0.2, -0.15) is 4.98 Å². The zero-order valence-electron chi connectivity index (χ0n) is 11.8. The minimum absolute atomic E-state index is 0.304. The smallest absolute Gasteiger partial charge is 0.338 e. The van der Waals surface area contributed by atoms with E-state index in [2.05, 4.69) is 15.4 Å². The predicted molar refractivity (Wildman–Crippen MR) is 82.6 cm³/mol. The minimum atomic E-state index is -0.356. The summed E-state index contributed by atoms with van der Waals surface area (Å²) in [6, 6.07) is 3.64. The van der Waals surface area contributed by atoms with Crippen LogP contribution in [0.1, 0.15) is 17.8 Å². The lowest BCUT2D eigenvalue weighted by molar-refractivity contribution is -0.136. The monoisotopic (exact) mass is 322 g/mol. The van der Waals surface area contributed by atoms with Gasteiger partial charge in [-0.05, 0) is 24.6 Å². The fraction of sp³-hybridized carbons (Fsp3) is 0.308. The van der Waals surface area contributed by atoms with E-state index in [1.165, 1.54) is 18.9 Å². The molecule has 3 heterocycles. The van der Waals surface area contributed by atoms with Gasteiger partial charge in [-0.3, -0.25) is 0 Å². The number of carbonyl (C=O) groups is 1. The van der Waals surface area contributed by atoms with E-state index in [1.54, 1.807) is 16.0 Å². The first kappa shape index (κ1) is 14.2. The fourth-order valence-electron chi connectivity index (χ4n) is 2.30. The third-order valence-corrected chi connectivity index (χ3v) is 4.70. The third kappa shape index (κ3) is 2.34. The molecule has 8 heteroatoms. The second-order valence-electron chi connectivity index (χ2n) is 4.44. The SMILES string of the molecule is COC(=O)C1=C(C)Nc2nc(SC)nn2[C@@H]1c1cccs1. The third-order valence-electron chi connectivity index (χ3n) is 3.23. The lowest BCUT2D eigenvalue weighted by Gasteiger charge is -2.26. The molecule has 0 amide bonds. The highest BCUT2D eigenvalue weighted by molar-refractivity contribution is 7.98. The zero-order valence-corrected chi connectivity index (χ0v) is 13.4. The molecule has 0 unspecified atom stereocenters. The first-order valence-electron chi connectivity index (χ1n) is 6.25. The Morgan fingerprint density at radius 2 is 2.38 bits per heavy atom. The van der Waals surface area contributed by atoms with E-state index in [-0.39, 0.29) is 12.0 Å². The van der Waals surface area contributed by atoms with Gasteiger partial charge < -0.3 is 10.1 Å². The highest BCUT2D eigenvalue weighted by Crippen LogP contribution is 2.37. The van der Waals surface area contributed by atoms with E-state index in [0.717, 1.165) is 10.6 Å². The maximum absolute atomic E-state index is 12.2. The first-order valence-corrected chi connectivity index (χ1v) is 8.36. The van der Waals surface area contributed by atoms with Crippen LogP contribution in [0.25, 0.3) is 0 Å². The minimum Gasteiger partial charge on any atom is -0.466 e. The van der Waals surface area contributed by atoms with E-state index in [0.29, 0.717) is 16.7 Å². The van der Waals surface area contributed by atoms with E-state index >= 15 is 0 Å². The molecule has 1 aliphatic rings. The molecule has 110 valence electrons. The lowest BCUT2D eigenvalue weighted by Crippen LogP contribution is -2.28. The van der Waals surface area contributed by atoms with Crippen LogP contribution < -0.4 is 5.32 Å². The van der Waals surface area contributed by atoms with Crippen molar-refractivity contribution in [3.63, 3.8) is 0 Å². The predicted octanol–water partition coefficient (Wildman–Crippen LogP) is 2.52. The lowest BCUT2D eigenvalue weighted by atomic mass is 10.0. The van der Waals surface area contributed by atoms with Crippen LogP contribution in [-0.2, 0) is 9.53 Å². The van der Waals surface area contributed by atoms with Crippen molar-refractivity contribution in [3.8, 4) is 0 Å². The number of esters is 1. The van der Waals surface area contributed by atoms with Gasteiger partial charge in [0, 0.05) is 10.6 Å². The fourth-order valence-corrected chi connectivity index (χ4v) is 3.47. The number of rotatable bonds is 3. The second kappa shape index (κ2) is 5.53. The van der Waals surface area contributed by atoms with Gasteiger partial charge >= 0.3 is 5.97 Å². The summed E-state index contributed by atoms with van der Waals surface area (Å²) in [6.07, 6.45) is 1.92. The Morgan fingerprint density at radius 1 is 1.57 bits per heavy atom. The standard InChI is InChI=1S/C13H14N4O2S2/c1-7-9(11(18)19-2)10(8-5-4-6-21-8)17-12(14-7)15-13(16-17)20-3/h4-6,10H,1-3H3,(H,14,15,16)/t10-/m1/s1. The van der Waals surface area contributed by atoms with Crippen molar-refractivity contribution in [2.75, 3.05) is 18.7 Å². The average Bonchev–Trinajstić information content (AvgIpc) is 3.13. The molecule has 0 saturated carbocycles. The van der Waals surface area contributed by atoms with Crippen molar-refractivity contribution in [2.45, 2.75) is 18.1 Å². The van der Waals surface area contributed by atoms with Gasteiger partial charge in [0.25, 0.3) is 0 Å². The number of fused-ring (bicyclic) bond motifs is 1. The second-order valence-corrected chi connectivity index (χ2v) is 6.19. The molecule has 0 aliphatic carbocycles. The van der Waals surface area contributed by atoms with Gasteiger partial charge in [0.05, 0.1) is 12.7 Å². The molecule has 0 bridgehead atoms. The van der Waals surface area contributed by atoms with Crippen LogP contribution in [0.5, 0.6) is 0 Å². The summed E-state index contributed by atoms with van der Waals surface area (Å²) in [4.78, 5) is 17.6. The molecule has 0 spiro atoms. The van der Waals surface area contributed by atoms with Crippen LogP contribution in [0.15, 0.2) is 33.9 Å². The molecule has 0 saturated heterocycles. The Morgan fingerprint density at radius 3 is 3.00 bits per heavy atom. The number of nitrogens with zero attached hydrogens (tertiary/aromatic N) is 3. The molecule has 0 radical (unpaired) electrons. The normalized spacial score (nSPS) is 17.4. The number of hydrogen-bond acceptors (Lipinski definition) is 7. The highest BCUT2D eigenvalue weighted by atomic mass is 32.2. The van der Waals surface area contributed by atoms with Gasteiger partial charge in [-0.25, -0.2) is 9.48 Å². The number of allylic oxidation sites excluding steroid dienone is 1. The number of thioether (sulfide) groups is 1. The number of carbonyl (C=O) groups excluding carboxylic acids is 1. The number of hydrogen-bond donors (Lipinski definition) is 1. The van der Waals surface area contributed by atoms with Crippen LogP contribution in [0.3, 0.4) is 0 Å². The first-order chi connectivity index (χ1) is 10.2. The summed E-state index contributed by atoms with van der Waals surface area (Å²) in [5, 5.41) is 10.3. The van der Waals surface area contributed by atoms with Crippen LogP contribution in [0.2, 0.25) is 0 Å². The van der Waals surface area contributed by atoms with Gasteiger partial charge in [-0.15, -0.1) is 16.4 Å². The Labute approximate surface area is 130 Å². The quantitative estimate of drug-likeness (QED) is 0.692. The Kier molecular flexibility index (Phi) is 3.73. The van der Waals surface area contributed by atoms with E-state index < -0.39 is 0 Å². The molecule has 0 fully saturated rings. The molecule has 3 rings (SSSR count). The van der Waals surface area contributed by atoms with E-state index in [9.17, 15) is 4.79 Å². The van der Waals surface area contributed by atoms with Crippen LogP contribution in [0.4, 0.5) is 5.95 Å². The van der Waals surface area contributed by atoms with Crippen LogP contribution >= 0.6 is 23.1 Å². The molecule has 2 aromatic heterocycles. The molecule has 2 aromatic rings. The summed E-state index contributed by atoms with van der Waals surface area (Å²) in [5.41, 5.74) is 1.30. The maximum Gasteiger partial charge on any atom is 0.338 e. The number of anilines is 1. The Bertz CT molecular complexity index is 706. The van der Waals surface area contributed by atoms with Crippen molar-refractivity contribution in [2.24, 2.45) is 0 Å². The molecule has 1 aliphatic heterocycles. The highest BCUT2D eigenvalue weighted by Gasteiger charge is 2.35. The molecular formula is C13H14N4O2S2. The summed E-state index contributed by atoms with van der Waals surface area (Å²) in [5.74, 6) is 0.285. The van der Waals surface area contributed by atoms with Crippen molar-refractivity contribution in [1.82, 2.24) is 14.8 Å². The largest absolute Gasteiger partial charge is 0.466 e. The van der Waals surface area contributed by atoms with E-state index in [4.69, 9.17) is 4.74 Å². The zero-order chi connectivity index (χ0) is 15.0. The summed E-state index contributed by atoms with van der Waals surface area (Å²) in [6.45, 7) is 1.85.